The molecule has 4 atom stereocenters. The zero-order valence-electron chi connectivity index (χ0n) is 11.5. The molecule has 2 saturated heterocycles. The molecule has 3 rings (SSSR count). The summed E-state index contributed by atoms with van der Waals surface area (Å²) in [5, 5.41) is 4.04. The van der Waals surface area contributed by atoms with Gasteiger partial charge in [-0.2, -0.15) is 11.3 Å². The maximum absolute atomic E-state index is 12.2. The molecule has 2 aliphatic rings. The highest BCUT2D eigenvalue weighted by Crippen LogP contribution is 2.36. The highest BCUT2D eigenvalue weighted by atomic mass is 32.1. The fraction of sp³-hybridized carbons (Fsp3) is 0.667. The van der Waals surface area contributed by atoms with Gasteiger partial charge in [0.2, 0.25) is 0 Å². The molecule has 3 heterocycles. The number of ether oxygens (including phenoxy) is 1. The molecule has 2 aliphatic heterocycles. The number of thiophene rings is 1. The fourth-order valence-electron chi connectivity index (χ4n) is 3.38. The Balaban J connectivity index is 1.59. The molecule has 1 aromatic rings. The monoisotopic (exact) mass is 279 g/mol. The van der Waals surface area contributed by atoms with Crippen LogP contribution in [0, 0.1) is 0 Å². The molecular formula is C15H21NO2S. The minimum Gasteiger partial charge on any atom is -0.462 e. The van der Waals surface area contributed by atoms with Crippen molar-refractivity contribution in [1.82, 2.24) is 4.90 Å². The Kier molecular flexibility index (Phi) is 3.63. The molecule has 4 heteroatoms. The van der Waals surface area contributed by atoms with Crippen molar-refractivity contribution < 1.29 is 9.53 Å². The molecule has 2 bridgehead atoms. The molecule has 104 valence electrons. The van der Waals surface area contributed by atoms with Crippen LogP contribution < -0.4 is 0 Å². The Labute approximate surface area is 118 Å². The first-order valence-corrected chi connectivity index (χ1v) is 8.04. The Morgan fingerprint density at radius 2 is 2.11 bits per heavy atom. The van der Waals surface area contributed by atoms with E-state index in [1.807, 2.05) is 23.8 Å². The van der Waals surface area contributed by atoms with E-state index in [1.54, 1.807) is 11.3 Å². The normalized spacial score (nSPS) is 32.2. The van der Waals surface area contributed by atoms with Gasteiger partial charge in [0.25, 0.3) is 0 Å². The van der Waals surface area contributed by atoms with Crippen LogP contribution in [0.15, 0.2) is 16.8 Å². The molecule has 2 unspecified atom stereocenters. The number of piperidine rings is 1. The smallest absolute Gasteiger partial charge is 0.313 e. The van der Waals surface area contributed by atoms with Gasteiger partial charge in [-0.05, 0) is 62.0 Å². The van der Waals surface area contributed by atoms with Crippen molar-refractivity contribution in [2.45, 2.75) is 56.7 Å². The van der Waals surface area contributed by atoms with Crippen molar-refractivity contribution in [3.63, 3.8) is 0 Å². The molecule has 0 saturated carbocycles. The number of fused-ring (bicyclic) bond motifs is 2. The van der Waals surface area contributed by atoms with Crippen LogP contribution in [-0.2, 0) is 9.53 Å². The maximum atomic E-state index is 12.2. The molecule has 0 amide bonds. The van der Waals surface area contributed by atoms with Gasteiger partial charge in [-0.1, -0.05) is 0 Å². The van der Waals surface area contributed by atoms with Crippen LogP contribution in [0.25, 0.3) is 0 Å². The first-order valence-electron chi connectivity index (χ1n) is 7.09. The average Bonchev–Trinajstić information content (AvgIpc) is 2.97. The number of esters is 1. The molecule has 19 heavy (non-hydrogen) atoms. The van der Waals surface area contributed by atoms with Crippen LogP contribution in [0.3, 0.4) is 0 Å². The lowest BCUT2D eigenvalue weighted by Gasteiger charge is -2.36. The van der Waals surface area contributed by atoms with Gasteiger partial charge < -0.3 is 9.64 Å². The Bertz CT molecular complexity index is 431. The van der Waals surface area contributed by atoms with Gasteiger partial charge in [0.1, 0.15) is 6.10 Å². The number of rotatable bonds is 3. The van der Waals surface area contributed by atoms with Crippen molar-refractivity contribution in [3.8, 4) is 0 Å². The minimum absolute atomic E-state index is 0.0626. The highest BCUT2D eigenvalue weighted by molar-refractivity contribution is 7.08. The third-order valence-corrected chi connectivity index (χ3v) is 5.44. The summed E-state index contributed by atoms with van der Waals surface area (Å²) < 4.78 is 5.75. The van der Waals surface area contributed by atoms with Crippen LogP contribution in [-0.4, -0.2) is 36.1 Å². The van der Waals surface area contributed by atoms with Gasteiger partial charge in [-0.15, -0.1) is 0 Å². The maximum Gasteiger partial charge on any atom is 0.313 e. The summed E-state index contributed by atoms with van der Waals surface area (Å²) in [6.45, 7) is 1.94. The second kappa shape index (κ2) is 5.25. The second-order valence-corrected chi connectivity index (χ2v) is 6.64. The number of carbonyl (C=O) groups excluding carboxylic acids is 1. The molecular weight excluding hydrogens is 258 g/mol. The van der Waals surface area contributed by atoms with E-state index in [-0.39, 0.29) is 18.0 Å². The minimum atomic E-state index is -0.136. The summed E-state index contributed by atoms with van der Waals surface area (Å²) in [7, 11) is 2.20. The zero-order valence-corrected chi connectivity index (χ0v) is 12.4. The van der Waals surface area contributed by atoms with Crippen molar-refractivity contribution in [2.75, 3.05) is 7.05 Å². The van der Waals surface area contributed by atoms with E-state index in [0.29, 0.717) is 12.1 Å². The quantitative estimate of drug-likeness (QED) is 0.797. The van der Waals surface area contributed by atoms with E-state index in [4.69, 9.17) is 4.74 Å². The molecule has 3 nitrogen and oxygen atoms in total. The van der Waals surface area contributed by atoms with Crippen molar-refractivity contribution in [1.29, 1.82) is 0 Å². The lowest BCUT2D eigenvalue weighted by atomic mass is 10.00. The second-order valence-electron chi connectivity index (χ2n) is 5.86. The molecule has 0 aromatic carbocycles. The van der Waals surface area contributed by atoms with Gasteiger partial charge in [-0.3, -0.25) is 4.79 Å². The van der Waals surface area contributed by atoms with Crippen LogP contribution in [0.4, 0.5) is 0 Å². The summed E-state index contributed by atoms with van der Waals surface area (Å²) in [6, 6.07) is 3.25. The van der Waals surface area contributed by atoms with E-state index in [2.05, 4.69) is 11.9 Å². The first-order chi connectivity index (χ1) is 9.15. The predicted octanol–water partition coefficient (Wildman–Crippen LogP) is 3.02. The van der Waals surface area contributed by atoms with Crippen molar-refractivity contribution >= 4 is 17.3 Å². The Morgan fingerprint density at radius 1 is 1.42 bits per heavy atom. The van der Waals surface area contributed by atoms with E-state index in [9.17, 15) is 4.79 Å². The number of hydrogen-bond acceptors (Lipinski definition) is 4. The van der Waals surface area contributed by atoms with Gasteiger partial charge in [0, 0.05) is 12.1 Å². The summed E-state index contributed by atoms with van der Waals surface area (Å²) in [5.74, 6) is -0.198. The van der Waals surface area contributed by atoms with Gasteiger partial charge in [-0.25, -0.2) is 0 Å². The van der Waals surface area contributed by atoms with Gasteiger partial charge in [0.05, 0.1) is 5.92 Å². The molecule has 0 N–H and O–H groups in total. The number of carbonyl (C=O) groups is 1. The van der Waals surface area contributed by atoms with Gasteiger partial charge in [0.15, 0.2) is 0 Å². The molecule has 1 aromatic heterocycles. The Morgan fingerprint density at radius 3 is 2.68 bits per heavy atom. The summed E-state index contributed by atoms with van der Waals surface area (Å²) in [5.41, 5.74) is 1.07. The molecule has 0 radical (unpaired) electrons. The van der Waals surface area contributed by atoms with E-state index < -0.39 is 0 Å². The summed E-state index contributed by atoms with van der Waals surface area (Å²) in [6.07, 6.45) is 4.66. The third-order valence-electron chi connectivity index (χ3n) is 4.73. The first kappa shape index (κ1) is 13.1. The molecule has 0 spiro atoms. The highest BCUT2D eigenvalue weighted by Gasteiger charge is 2.40. The lowest BCUT2D eigenvalue weighted by molar-refractivity contribution is -0.153. The summed E-state index contributed by atoms with van der Waals surface area (Å²) >= 11 is 1.63. The predicted molar refractivity (Wildman–Crippen MR) is 76.4 cm³/mol. The Hall–Kier alpha value is -0.870. The van der Waals surface area contributed by atoms with E-state index in [0.717, 1.165) is 18.4 Å². The van der Waals surface area contributed by atoms with Crippen molar-refractivity contribution in [2.24, 2.45) is 0 Å². The van der Waals surface area contributed by atoms with E-state index >= 15 is 0 Å². The summed E-state index contributed by atoms with van der Waals surface area (Å²) in [4.78, 5) is 14.7. The van der Waals surface area contributed by atoms with Crippen LogP contribution >= 0.6 is 11.3 Å². The topological polar surface area (TPSA) is 29.5 Å². The molecule has 2 fully saturated rings. The third kappa shape index (κ3) is 2.56. The number of hydrogen-bond donors (Lipinski definition) is 0. The SMILES string of the molecule is CC(C(=O)OC1C[C@H]2CC[C@@H](C1)N2C)c1ccsc1. The van der Waals surface area contributed by atoms with Gasteiger partial charge >= 0.3 is 5.97 Å². The zero-order chi connectivity index (χ0) is 13.4. The molecule has 0 aliphatic carbocycles. The largest absolute Gasteiger partial charge is 0.462 e. The standard InChI is InChI=1S/C15H21NO2S/c1-10(11-5-6-19-9-11)15(17)18-14-7-12-3-4-13(8-14)16(12)2/h5-6,9-10,12-14H,3-4,7-8H2,1-2H3/t10?,12-,13+,14?. The number of nitrogens with zero attached hydrogens (tertiary/aromatic N) is 1. The van der Waals surface area contributed by atoms with Crippen LogP contribution in [0.5, 0.6) is 0 Å². The fourth-order valence-corrected chi connectivity index (χ4v) is 4.14. The van der Waals surface area contributed by atoms with Crippen molar-refractivity contribution in [3.05, 3.63) is 22.4 Å². The van der Waals surface area contributed by atoms with E-state index in [1.165, 1.54) is 12.8 Å². The average molecular weight is 279 g/mol. The van der Waals surface area contributed by atoms with Crippen LogP contribution in [0.2, 0.25) is 0 Å². The van der Waals surface area contributed by atoms with Crippen LogP contribution in [0.1, 0.15) is 44.1 Å². The lowest BCUT2D eigenvalue weighted by Crippen LogP contribution is -2.43.